The SMILES string of the molecule is CC(=C=O)Cc1ccccc1. The van der Waals surface area contributed by atoms with Crippen LogP contribution in [0.3, 0.4) is 0 Å². The zero-order valence-corrected chi connectivity index (χ0v) is 6.50. The Kier molecular flexibility index (Phi) is 2.65. The normalized spacial score (nSPS) is 8.82. The van der Waals surface area contributed by atoms with E-state index in [1.165, 1.54) is 0 Å². The Hall–Kier alpha value is -1.33. The van der Waals surface area contributed by atoms with Gasteiger partial charge in [-0.15, -0.1) is 0 Å². The van der Waals surface area contributed by atoms with E-state index in [2.05, 4.69) is 0 Å². The van der Waals surface area contributed by atoms with Gasteiger partial charge in [-0.3, -0.25) is 0 Å². The van der Waals surface area contributed by atoms with Gasteiger partial charge in [-0.2, -0.15) is 0 Å². The average molecular weight is 146 g/mol. The van der Waals surface area contributed by atoms with Crippen molar-refractivity contribution in [1.29, 1.82) is 0 Å². The molecule has 0 heterocycles. The predicted octanol–water partition coefficient (Wildman–Crippen LogP) is 2.01. The van der Waals surface area contributed by atoms with Crippen LogP contribution in [0.1, 0.15) is 12.5 Å². The van der Waals surface area contributed by atoms with Gasteiger partial charge in [-0.05, 0) is 12.5 Å². The highest BCUT2D eigenvalue weighted by molar-refractivity contribution is 5.52. The Morgan fingerprint density at radius 2 is 2.00 bits per heavy atom. The predicted molar refractivity (Wildman–Crippen MR) is 45.0 cm³/mol. The fourth-order valence-corrected chi connectivity index (χ4v) is 0.938. The topological polar surface area (TPSA) is 17.1 Å². The van der Waals surface area contributed by atoms with Crippen LogP contribution in [0.15, 0.2) is 35.9 Å². The van der Waals surface area contributed by atoms with Gasteiger partial charge in [-0.1, -0.05) is 30.3 Å². The van der Waals surface area contributed by atoms with Crippen molar-refractivity contribution >= 4 is 5.94 Å². The molecule has 0 aliphatic carbocycles. The first-order chi connectivity index (χ1) is 5.33. The third-order valence-corrected chi connectivity index (χ3v) is 1.49. The molecule has 0 amide bonds. The summed E-state index contributed by atoms with van der Waals surface area (Å²) in [5.41, 5.74) is 1.91. The van der Waals surface area contributed by atoms with Gasteiger partial charge >= 0.3 is 0 Å². The van der Waals surface area contributed by atoms with E-state index in [4.69, 9.17) is 0 Å². The fraction of sp³-hybridized carbons (Fsp3) is 0.200. The molecule has 1 heteroatoms. The van der Waals surface area contributed by atoms with E-state index in [0.29, 0.717) is 6.42 Å². The van der Waals surface area contributed by atoms with E-state index >= 15 is 0 Å². The molecule has 0 aliphatic heterocycles. The minimum Gasteiger partial charge on any atom is -0.234 e. The molecule has 11 heavy (non-hydrogen) atoms. The Labute approximate surface area is 66.4 Å². The third-order valence-electron chi connectivity index (χ3n) is 1.49. The second-order valence-corrected chi connectivity index (χ2v) is 2.54. The van der Waals surface area contributed by atoms with E-state index in [-0.39, 0.29) is 0 Å². The van der Waals surface area contributed by atoms with Gasteiger partial charge in [-0.25, -0.2) is 4.79 Å². The lowest BCUT2D eigenvalue weighted by Gasteiger charge is -1.95. The Morgan fingerprint density at radius 3 is 2.55 bits per heavy atom. The van der Waals surface area contributed by atoms with Crippen LogP contribution in [0, 0.1) is 0 Å². The smallest absolute Gasteiger partial charge is 0.123 e. The third kappa shape index (κ3) is 2.40. The van der Waals surface area contributed by atoms with Gasteiger partial charge in [0.05, 0.1) is 0 Å². The molecule has 0 aromatic heterocycles. The lowest BCUT2D eigenvalue weighted by molar-refractivity contribution is 0.566. The molecular weight excluding hydrogens is 136 g/mol. The highest BCUT2D eigenvalue weighted by atomic mass is 16.1. The molecule has 0 unspecified atom stereocenters. The van der Waals surface area contributed by atoms with E-state index in [0.717, 1.165) is 11.1 Å². The van der Waals surface area contributed by atoms with Gasteiger partial charge in [0.1, 0.15) is 5.94 Å². The number of benzene rings is 1. The molecule has 0 saturated carbocycles. The number of allylic oxidation sites excluding steroid dienone is 1. The minimum atomic E-state index is 0.713. The van der Waals surface area contributed by atoms with Crippen LogP contribution in [0.2, 0.25) is 0 Å². The summed E-state index contributed by atoms with van der Waals surface area (Å²) in [7, 11) is 0. The van der Waals surface area contributed by atoms with Crippen molar-refractivity contribution in [2.24, 2.45) is 0 Å². The molecule has 1 nitrogen and oxygen atoms in total. The summed E-state index contributed by atoms with van der Waals surface area (Å²) in [5.74, 6) is 1.88. The zero-order valence-electron chi connectivity index (χ0n) is 6.50. The molecule has 0 radical (unpaired) electrons. The van der Waals surface area contributed by atoms with Crippen molar-refractivity contribution in [2.75, 3.05) is 0 Å². The minimum absolute atomic E-state index is 0.713. The first-order valence-electron chi connectivity index (χ1n) is 3.57. The van der Waals surface area contributed by atoms with Crippen molar-refractivity contribution in [2.45, 2.75) is 13.3 Å². The molecule has 1 aromatic carbocycles. The molecule has 0 aliphatic rings. The molecule has 0 N–H and O–H groups in total. The van der Waals surface area contributed by atoms with Crippen LogP contribution >= 0.6 is 0 Å². The molecule has 1 aromatic rings. The lowest BCUT2D eigenvalue weighted by Crippen LogP contribution is -1.85. The highest BCUT2D eigenvalue weighted by Gasteiger charge is 1.92. The van der Waals surface area contributed by atoms with Crippen LogP contribution in [0.5, 0.6) is 0 Å². The summed E-state index contributed by atoms with van der Waals surface area (Å²) in [6, 6.07) is 9.89. The highest BCUT2D eigenvalue weighted by Crippen LogP contribution is 2.03. The second-order valence-electron chi connectivity index (χ2n) is 2.54. The number of hydrogen-bond donors (Lipinski definition) is 0. The monoisotopic (exact) mass is 146 g/mol. The van der Waals surface area contributed by atoms with Crippen LogP contribution in [-0.4, -0.2) is 5.94 Å². The fourth-order valence-electron chi connectivity index (χ4n) is 0.938. The molecular formula is C10H10O. The molecule has 0 saturated heterocycles. The standard InChI is InChI=1S/C10H10O/c1-9(8-11)7-10-5-3-2-4-6-10/h2-6H,7H2,1H3. The van der Waals surface area contributed by atoms with Gasteiger partial charge in [0.25, 0.3) is 0 Å². The van der Waals surface area contributed by atoms with Crippen LogP contribution < -0.4 is 0 Å². The largest absolute Gasteiger partial charge is 0.234 e. The Morgan fingerprint density at radius 1 is 1.36 bits per heavy atom. The zero-order chi connectivity index (χ0) is 8.10. The molecule has 0 bridgehead atoms. The van der Waals surface area contributed by atoms with Crippen molar-refractivity contribution in [3.63, 3.8) is 0 Å². The summed E-state index contributed by atoms with van der Waals surface area (Å²) in [4.78, 5) is 10.1. The van der Waals surface area contributed by atoms with E-state index in [9.17, 15) is 4.79 Å². The quantitative estimate of drug-likeness (QED) is 0.583. The van der Waals surface area contributed by atoms with Crippen molar-refractivity contribution in [3.8, 4) is 0 Å². The summed E-state index contributed by atoms with van der Waals surface area (Å²) < 4.78 is 0. The van der Waals surface area contributed by atoms with Crippen LogP contribution in [-0.2, 0) is 11.2 Å². The Balaban J connectivity index is 2.73. The molecule has 56 valence electrons. The first kappa shape index (κ1) is 7.77. The van der Waals surface area contributed by atoms with E-state index < -0.39 is 0 Å². The molecule has 0 atom stereocenters. The molecule has 0 fully saturated rings. The van der Waals surface area contributed by atoms with Crippen molar-refractivity contribution in [1.82, 2.24) is 0 Å². The maximum atomic E-state index is 10.1. The maximum absolute atomic E-state index is 10.1. The summed E-state index contributed by atoms with van der Waals surface area (Å²) in [6.07, 6.45) is 0.713. The Bertz CT molecular complexity index is 268. The summed E-state index contributed by atoms with van der Waals surface area (Å²) >= 11 is 0. The van der Waals surface area contributed by atoms with Crippen molar-refractivity contribution in [3.05, 3.63) is 41.5 Å². The maximum Gasteiger partial charge on any atom is 0.123 e. The molecule has 0 spiro atoms. The number of hydrogen-bond acceptors (Lipinski definition) is 1. The van der Waals surface area contributed by atoms with Gasteiger partial charge in [0.15, 0.2) is 0 Å². The first-order valence-corrected chi connectivity index (χ1v) is 3.57. The van der Waals surface area contributed by atoms with E-state index in [1.54, 1.807) is 6.92 Å². The number of rotatable bonds is 2. The molecule has 1 rings (SSSR count). The van der Waals surface area contributed by atoms with Gasteiger partial charge in [0.2, 0.25) is 0 Å². The van der Waals surface area contributed by atoms with Crippen molar-refractivity contribution < 1.29 is 4.79 Å². The van der Waals surface area contributed by atoms with Crippen LogP contribution in [0.25, 0.3) is 0 Å². The van der Waals surface area contributed by atoms with Crippen LogP contribution in [0.4, 0.5) is 0 Å². The van der Waals surface area contributed by atoms with Gasteiger partial charge < -0.3 is 0 Å². The summed E-state index contributed by atoms with van der Waals surface area (Å²) in [6.45, 7) is 1.79. The average Bonchev–Trinajstić information content (AvgIpc) is 2.06. The van der Waals surface area contributed by atoms with Gasteiger partial charge in [0, 0.05) is 12.0 Å². The van der Waals surface area contributed by atoms with E-state index in [1.807, 2.05) is 36.3 Å². The second kappa shape index (κ2) is 3.75. The summed E-state index contributed by atoms with van der Waals surface area (Å²) in [5, 5.41) is 0. The number of carbonyl (C=O) groups excluding carboxylic acids is 1. The lowest BCUT2D eigenvalue weighted by atomic mass is 10.1.